The average Bonchev–Trinajstić information content (AvgIpc) is 3.74. The monoisotopic (exact) mass is 795 g/mol. The fraction of sp³-hybridized carbons (Fsp3) is 0.625. The van der Waals surface area contributed by atoms with Gasteiger partial charge in [0.25, 0.3) is 0 Å². The van der Waals surface area contributed by atoms with Gasteiger partial charge in [-0.25, -0.2) is 13.8 Å². The highest BCUT2D eigenvalue weighted by molar-refractivity contribution is 6.76. The van der Waals surface area contributed by atoms with E-state index in [0.717, 1.165) is 42.0 Å². The van der Waals surface area contributed by atoms with Crippen LogP contribution in [0, 0.1) is 5.82 Å². The van der Waals surface area contributed by atoms with E-state index in [-0.39, 0.29) is 30.0 Å². The largest absolute Gasteiger partial charge is 0.473 e. The molecule has 0 radical (unpaired) electrons. The van der Waals surface area contributed by atoms with Crippen molar-refractivity contribution in [1.29, 1.82) is 0 Å². The molecule has 1 saturated heterocycles. The number of likely N-dealkylation sites (N-methyl/N-ethyl adjacent to an activating group) is 1. The standard InChI is InChI=1S/C40H62FN7O5Si2/c1-28-25-45(5)26-36-29(38(51-27-49-20-21-54(7,8)9)44-47(36)17-19-52-55(10,11)40(2,3)4)15-16-34-31-22-30(32-24-42-46(6)39(32)53-28)33(41)23-35(31)48(43-34)37-14-12-13-18-50-37/h15-16,22-24,28,37H,12-14,17-21,25-27H2,1-11H3/b16-15+/t28-,37?/m0/s1. The van der Waals surface area contributed by atoms with Gasteiger partial charge in [-0.15, -0.1) is 5.10 Å². The van der Waals surface area contributed by atoms with E-state index in [1.54, 1.807) is 16.9 Å². The first-order valence-electron chi connectivity index (χ1n) is 19.7. The zero-order chi connectivity index (χ0) is 39.7. The molecule has 0 amide bonds. The lowest BCUT2D eigenvalue weighted by Crippen LogP contribution is -2.41. The summed E-state index contributed by atoms with van der Waals surface area (Å²) in [5.41, 5.74) is 4.16. The van der Waals surface area contributed by atoms with E-state index in [0.29, 0.717) is 73.6 Å². The molecule has 6 rings (SSSR count). The Morgan fingerprint density at radius 1 is 1.00 bits per heavy atom. The molecule has 4 aromatic rings. The van der Waals surface area contributed by atoms with Crippen LogP contribution in [-0.2, 0) is 34.0 Å². The van der Waals surface area contributed by atoms with Gasteiger partial charge in [-0.3, -0.25) is 9.58 Å². The quantitative estimate of drug-likeness (QED) is 0.0840. The summed E-state index contributed by atoms with van der Waals surface area (Å²) in [7, 11) is 0.613. The number of fused-ring (bicyclic) bond motifs is 4. The minimum absolute atomic E-state index is 0.0841. The van der Waals surface area contributed by atoms with E-state index in [9.17, 15) is 0 Å². The predicted octanol–water partition coefficient (Wildman–Crippen LogP) is 8.57. The van der Waals surface area contributed by atoms with Crippen LogP contribution in [0.3, 0.4) is 0 Å². The Bertz CT molecular complexity index is 1970. The molecule has 0 saturated carbocycles. The van der Waals surface area contributed by atoms with Crippen molar-refractivity contribution >= 4 is 39.4 Å². The smallest absolute Gasteiger partial charge is 0.242 e. The molecule has 2 aliphatic heterocycles. The zero-order valence-corrected chi connectivity index (χ0v) is 36.9. The lowest BCUT2D eigenvalue weighted by atomic mass is 10.0. The Morgan fingerprint density at radius 3 is 2.49 bits per heavy atom. The van der Waals surface area contributed by atoms with Gasteiger partial charge in [-0.05, 0) is 75.6 Å². The highest BCUT2D eigenvalue weighted by atomic mass is 28.4. The third kappa shape index (κ3) is 9.62. The summed E-state index contributed by atoms with van der Waals surface area (Å²) in [5.74, 6) is 0.617. The number of benzene rings is 1. The van der Waals surface area contributed by atoms with E-state index in [1.807, 2.05) is 41.6 Å². The second kappa shape index (κ2) is 16.6. The third-order valence-electron chi connectivity index (χ3n) is 11.0. The van der Waals surface area contributed by atoms with Gasteiger partial charge >= 0.3 is 0 Å². The molecule has 3 aromatic heterocycles. The van der Waals surface area contributed by atoms with Crippen molar-refractivity contribution in [3.63, 3.8) is 0 Å². The van der Waals surface area contributed by atoms with Crippen LogP contribution in [-0.4, -0.2) is 96.9 Å². The van der Waals surface area contributed by atoms with Gasteiger partial charge < -0.3 is 23.4 Å². The fourth-order valence-electron chi connectivity index (χ4n) is 6.80. The van der Waals surface area contributed by atoms with Gasteiger partial charge in [-0.1, -0.05) is 40.4 Å². The summed E-state index contributed by atoms with van der Waals surface area (Å²) >= 11 is 0. The van der Waals surface area contributed by atoms with Gasteiger partial charge in [0.1, 0.15) is 11.9 Å². The molecule has 302 valence electrons. The maximum atomic E-state index is 16.2. The van der Waals surface area contributed by atoms with Crippen molar-refractivity contribution in [1.82, 2.24) is 34.2 Å². The van der Waals surface area contributed by atoms with Gasteiger partial charge in [-0.2, -0.15) is 10.2 Å². The highest BCUT2D eigenvalue weighted by Crippen LogP contribution is 2.39. The topological polar surface area (TPSA) is 103 Å². The van der Waals surface area contributed by atoms with Crippen molar-refractivity contribution in [3.05, 3.63) is 41.1 Å². The second-order valence-corrected chi connectivity index (χ2v) is 28.4. The Morgan fingerprint density at radius 2 is 1.78 bits per heavy atom. The second-order valence-electron chi connectivity index (χ2n) is 17.9. The van der Waals surface area contributed by atoms with Gasteiger partial charge in [0.2, 0.25) is 11.8 Å². The molecule has 5 heterocycles. The molecule has 0 N–H and O–H groups in total. The van der Waals surface area contributed by atoms with Gasteiger partial charge in [0.05, 0.1) is 47.4 Å². The number of hydrogen-bond acceptors (Lipinski definition) is 9. The lowest BCUT2D eigenvalue weighted by molar-refractivity contribution is -0.0367. The molecule has 2 atom stereocenters. The van der Waals surface area contributed by atoms with E-state index >= 15 is 4.39 Å². The van der Waals surface area contributed by atoms with Crippen molar-refractivity contribution < 1.29 is 27.8 Å². The summed E-state index contributed by atoms with van der Waals surface area (Å²) in [6, 6.07) is 4.47. The first kappa shape index (κ1) is 41.3. The van der Waals surface area contributed by atoms with Gasteiger partial charge in [0.15, 0.2) is 21.3 Å². The summed E-state index contributed by atoms with van der Waals surface area (Å²) in [6.07, 6.45) is 7.98. The van der Waals surface area contributed by atoms with Crippen LogP contribution < -0.4 is 9.47 Å². The minimum atomic E-state index is -2.00. The highest BCUT2D eigenvalue weighted by Gasteiger charge is 2.37. The van der Waals surface area contributed by atoms with Crippen LogP contribution in [0.15, 0.2) is 18.3 Å². The Labute approximate surface area is 328 Å². The van der Waals surface area contributed by atoms with Crippen molar-refractivity contribution in [2.24, 2.45) is 7.05 Å². The molecule has 15 heteroatoms. The number of nitrogens with zero attached hydrogens (tertiary/aromatic N) is 7. The number of halogens is 1. The normalized spacial score (nSPS) is 19.5. The minimum Gasteiger partial charge on any atom is -0.473 e. The maximum absolute atomic E-state index is 16.2. The molecule has 0 spiro atoms. The lowest BCUT2D eigenvalue weighted by Gasteiger charge is -2.36. The predicted molar refractivity (Wildman–Crippen MR) is 221 cm³/mol. The Balaban J connectivity index is 1.47. The number of aryl methyl sites for hydroxylation is 1. The molecule has 55 heavy (non-hydrogen) atoms. The van der Waals surface area contributed by atoms with E-state index < -0.39 is 16.4 Å². The van der Waals surface area contributed by atoms with Crippen molar-refractivity contribution in [3.8, 4) is 22.9 Å². The van der Waals surface area contributed by atoms with Crippen molar-refractivity contribution in [2.75, 3.05) is 40.2 Å². The summed E-state index contributed by atoms with van der Waals surface area (Å²) in [4.78, 5) is 2.21. The maximum Gasteiger partial charge on any atom is 0.242 e. The summed E-state index contributed by atoms with van der Waals surface area (Å²) in [6.45, 7) is 23.9. The van der Waals surface area contributed by atoms with Crippen LogP contribution in [0.25, 0.3) is 34.2 Å². The first-order chi connectivity index (χ1) is 25.9. The van der Waals surface area contributed by atoms with E-state index in [1.165, 1.54) is 0 Å². The third-order valence-corrected chi connectivity index (χ3v) is 17.3. The first-order valence-corrected chi connectivity index (χ1v) is 26.4. The Kier molecular flexibility index (Phi) is 12.5. The summed E-state index contributed by atoms with van der Waals surface area (Å²) < 4.78 is 53.5. The zero-order valence-electron chi connectivity index (χ0n) is 34.9. The molecule has 12 nitrogen and oxygen atoms in total. The molecular formula is C40H62FN7O5Si2. The number of rotatable bonds is 11. The van der Waals surface area contributed by atoms with E-state index in [4.69, 9.17) is 33.6 Å². The number of ether oxygens (including phenoxy) is 4. The molecule has 1 fully saturated rings. The molecular weight excluding hydrogens is 734 g/mol. The summed E-state index contributed by atoms with van der Waals surface area (Å²) in [5, 5.41) is 15.5. The van der Waals surface area contributed by atoms with Gasteiger partial charge in [0, 0.05) is 58.4 Å². The average molecular weight is 796 g/mol. The molecule has 1 unspecified atom stereocenters. The number of aromatic nitrogens is 6. The fourth-order valence-corrected chi connectivity index (χ4v) is 8.59. The SMILES string of the molecule is C[C@H]1CN(C)Cc2c(c(OCOCC[Si](C)(C)C)nn2CCO[Si](C)(C)C(C)(C)C)/C=C/c2nn(C3CCCCO3)c3cc(F)c(cc23)-c2cnn(C)c2O1. The molecule has 1 aromatic carbocycles. The van der Waals surface area contributed by atoms with Crippen LogP contribution in [0.2, 0.25) is 43.8 Å². The van der Waals surface area contributed by atoms with Crippen LogP contribution in [0.4, 0.5) is 4.39 Å². The van der Waals surface area contributed by atoms with Crippen LogP contribution in [0.5, 0.6) is 11.8 Å². The molecule has 2 aliphatic rings. The van der Waals surface area contributed by atoms with Crippen molar-refractivity contribution in [2.45, 2.75) is 116 Å². The van der Waals surface area contributed by atoms with Crippen LogP contribution >= 0.6 is 0 Å². The molecule has 2 bridgehead atoms. The van der Waals surface area contributed by atoms with Crippen LogP contribution in [0.1, 0.15) is 70.1 Å². The number of hydrogen-bond donors (Lipinski definition) is 0. The Hall–Kier alpha value is -3.35. The molecule has 0 aliphatic carbocycles. The van der Waals surface area contributed by atoms with E-state index in [2.05, 4.69) is 70.6 Å².